The molecule has 0 spiro atoms. The number of aromatic nitrogens is 2. The third-order valence-electron chi connectivity index (χ3n) is 4.16. The Morgan fingerprint density at radius 2 is 1.88 bits per heavy atom. The van der Waals surface area contributed by atoms with Gasteiger partial charge in [0.05, 0.1) is 16.8 Å². The maximum atomic E-state index is 12.2. The van der Waals surface area contributed by atoms with Crippen molar-refractivity contribution >= 4 is 28.9 Å². The molecule has 2 aliphatic rings. The van der Waals surface area contributed by atoms with E-state index in [1.54, 1.807) is 6.20 Å². The van der Waals surface area contributed by atoms with E-state index in [-0.39, 0.29) is 5.91 Å². The number of piperidine rings is 1. The first-order chi connectivity index (χ1) is 11.8. The van der Waals surface area contributed by atoms with Crippen LogP contribution in [0.2, 0.25) is 0 Å². The summed E-state index contributed by atoms with van der Waals surface area (Å²) in [5, 5.41) is 5.21. The molecule has 0 N–H and O–H groups in total. The minimum Gasteiger partial charge on any atom is -0.351 e. The topological polar surface area (TPSA) is 50.5 Å². The lowest BCUT2D eigenvalue weighted by Gasteiger charge is -2.27. The molecule has 0 atom stereocenters. The normalized spacial score (nSPS) is 19.8. The predicted molar refractivity (Wildman–Crippen MR) is 97.0 cm³/mol. The highest BCUT2D eigenvalue weighted by Gasteiger charge is 2.26. The van der Waals surface area contributed by atoms with Gasteiger partial charge in [0.1, 0.15) is 0 Å². The standard InChI is InChI=1S/C18H18N4OS/c23-17-16(24-18(20-17)21-9-5-2-6-10-21)11-14-12-19-22(13-14)15-7-3-1-4-8-15/h1,3-4,7-8,11-13H,2,5-6,9-10H2/b16-11+. The van der Waals surface area contributed by atoms with Gasteiger partial charge in [0, 0.05) is 24.8 Å². The van der Waals surface area contributed by atoms with E-state index >= 15 is 0 Å². The van der Waals surface area contributed by atoms with Crippen LogP contribution in [0.25, 0.3) is 11.8 Å². The number of amides is 1. The summed E-state index contributed by atoms with van der Waals surface area (Å²) in [6.07, 6.45) is 9.19. The zero-order chi connectivity index (χ0) is 16.4. The van der Waals surface area contributed by atoms with Gasteiger partial charge in [0.25, 0.3) is 5.91 Å². The molecule has 6 heteroatoms. The number of likely N-dealkylation sites (tertiary alicyclic amines) is 1. The summed E-state index contributed by atoms with van der Waals surface area (Å²) >= 11 is 1.48. The molecule has 2 aromatic rings. The number of amidine groups is 1. The van der Waals surface area contributed by atoms with Crippen molar-refractivity contribution in [3.05, 3.63) is 53.2 Å². The van der Waals surface area contributed by atoms with Gasteiger partial charge in [-0.3, -0.25) is 4.79 Å². The Morgan fingerprint density at radius 3 is 2.67 bits per heavy atom. The molecule has 0 aliphatic carbocycles. The Morgan fingerprint density at radius 1 is 1.08 bits per heavy atom. The number of benzene rings is 1. The molecule has 0 unspecified atom stereocenters. The highest BCUT2D eigenvalue weighted by atomic mass is 32.2. The fourth-order valence-corrected chi connectivity index (χ4v) is 3.87. The lowest BCUT2D eigenvalue weighted by atomic mass is 10.1. The first kappa shape index (κ1) is 15.2. The number of rotatable bonds is 2. The lowest BCUT2D eigenvalue weighted by Crippen LogP contribution is -2.33. The fourth-order valence-electron chi connectivity index (χ4n) is 2.90. The molecule has 1 aromatic carbocycles. The molecule has 1 aromatic heterocycles. The van der Waals surface area contributed by atoms with Crippen LogP contribution < -0.4 is 0 Å². The van der Waals surface area contributed by atoms with Crippen molar-refractivity contribution in [1.29, 1.82) is 0 Å². The van der Waals surface area contributed by atoms with E-state index in [0.717, 1.165) is 29.5 Å². The van der Waals surface area contributed by atoms with E-state index < -0.39 is 0 Å². The van der Waals surface area contributed by atoms with Crippen molar-refractivity contribution in [1.82, 2.24) is 14.7 Å². The van der Waals surface area contributed by atoms with Crippen molar-refractivity contribution in [3.8, 4) is 5.69 Å². The quantitative estimate of drug-likeness (QED) is 0.788. The lowest BCUT2D eigenvalue weighted by molar-refractivity contribution is -0.113. The molecule has 5 nitrogen and oxygen atoms in total. The van der Waals surface area contributed by atoms with E-state index in [1.165, 1.54) is 31.0 Å². The van der Waals surface area contributed by atoms with Crippen LogP contribution in [0.4, 0.5) is 0 Å². The summed E-state index contributed by atoms with van der Waals surface area (Å²) in [5.41, 5.74) is 1.91. The van der Waals surface area contributed by atoms with Crippen LogP contribution in [0.5, 0.6) is 0 Å². The molecule has 24 heavy (non-hydrogen) atoms. The molecule has 4 rings (SSSR count). The Labute approximate surface area is 145 Å². The van der Waals surface area contributed by atoms with Gasteiger partial charge in [-0.05, 0) is 49.2 Å². The summed E-state index contributed by atoms with van der Waals surface area (Å²) < 4.78 is 1.81. The average Bonchev–Trinajstić information content (AvgIpc) is 3.24. The van der Waals surface area contributed by atoms with Crippen LogP contribution >= 0.6 is 11.8 Å². The SMILES string of the molecule is O=C1N=C(N2CCCCC2)S/C1=C/c1cnn(-c2ccccc2)c1. The molecule has 122 valence electrons. The van der Waals surface area contributed by atoms with Gasteiger partial charge in [-0.15, -0.1) is 0 Å². The summed E-state index contributed by atoms with van der Waals surface area (Å²) in [6, 6.07) is 9.92. The fraction of sp³-hybridized carbons (Fsp3) is 0.278. The third kappa shape index (κ3) is 3.14. The van der Waals surface area contributed by atoms with Gasteiger partial charge in [-0.2, -0.15) is 10.1 Å². The molecule has 1 saturated heterocycles. The van der Waals surface area contributed by atoms with Gasteiger partial charge in [-0.1, -0.05) is 18.2 Å². The summed E-state index contributed by atoms with van der Waals surface area (Å²) in [4.78, 5) is 19.3. The Bertz CT molecular complexity index is 803. The molecule has 3 heterocycles. The van der Waals surface area contributed by atoms with Crippen LogP contribution in [0.3, 0.4) is 0 Å². The van der Waals surface area contributed by atoms with E-state index in [2.05, 4.69) is 15.0 Å². The number of thioether (sulfide) groups is 1. The molecule has 2 aliphatic heterocycles. The van der Waals surface area contributed by atoms with Crippen molar-refractivity contribution in [2.45, 2.75) is 19.3 Å². The Kier molecular flexibility index (Phi) is 4.21. The van der Waals surface area contributed by atoms with Gasteiger partial charge < -0.3 is 4.90 Å². The van der Waals surface area contributed by atoms with Gasteiger partial charge in [0.15, 0.2) is 5.17 Å². The summed E-state index contributed by atoms with van der Waals surface area (Å²) in [6.45, 7) is 2.00. The van der Waals surface area contributed by atoms with E-state index in [1.807, 2.05) is 47.3 Å². The number of nitrogens with zero attached hydrogens (tertiary/aromatic N) is 4. The minimum absolute atomic E-state index is 0.145. The second kappa shape index (κ2) is 6.65. The van der Waals surface area contributed by atoms with Crippen molar-refractivity contribution in [3.63, 3.8) is 0 Å². The molecule has 0 radical (unpaired) electrons. The van der Waals surface area contributed by atoms with Crippen LogP contribution in [0, 0.1) is 0 Å². The molecule has 1 amide bonds. The Hall–Kier alpha value is -2.34. The third-order valence-corrected chi connectivity index (χ3v) is 5.20. The summed E-state index contributed by atoms with van der Waals surface area (Å²) in [7, 11) is 0. The van der Waals surface area contributed by atoms with Crippen LogP contribution in [-0.4, -0.2) is 38.8 Å². The molecule has 0 bridgehead atoms. The first-order valence-electron chi connectivity index (χ1n) is 8.17. The second-order valence-corrected chi connectivity index (χ2v) is 6.92. The van der Waals surface area contributed by atoms with Crippen molar-refractivity contribution < 1.29 is 4.79 Å². The number of aliphatic imine (C=N–C) groups is 1. The van der Waals surface area contributed by atoms with E-state index in [0.29, 0.717) is 4.91 Å². The van der Waals surface area contributed by atoms with Gasteiger partial charge in [0.2, 0.25) is 0 Å². The van der Waals surface area contributed by atoms with Crippen LogP contribution in [-0.2, 0) is 4.79 Å². The molecule has 0 saturated carbocycles. The first-order valence-corrected chi connectivity index (χ1v) is 8.99. The van der Waals surface area contributed by atoms with Crippen molar-refractivity contribution in [2.75, 3.05) is 13.1 Å². The van der Waals surface area contributed by atoms with E-state index in [4.69, 9.17) is 0 Å². The monoisotopic (exact) mass is 338 g/mol. The minimum atomic E-state index is -0.145. The number of hydrogen-bond donors (Lipinski definition) is 0. The van der Waals surface area contributed by atoms with Crippen LogP contribution in [0.1, 0.15) is 24.8 Å². The molecular weight excluding hydrogens is 320 g/mol. The maximum absolute atomic E-state index is 12.2. The zero-order valence-electron chi connectivity index (χ0n) is 13.3. The molecular formula is C18H18N4OS. The summed E-state index contributed by atoms with van der Waals surface area (Å²) in [5.74, 6) is -0.145. The van der Waals surface area contributed by atoms with Crippen molar-refractivity contribution in [2.24, 2.45) is 4.99 Å². The number of para-hydroxylation sites is 1. The largest absolute Gasteiger partial charge is 0.351 e. The highest BCUT2D eigenvalue weighted by molar-refractivity contribution is 8.18. The number of carbonyl (C=O) groups excluding carboxylic acids is 1. The predicted octanol–water partition coefficient (Wildman–Crippen LogP) is 3.33. The van der Waals surface area contributed by atoms with Gasteiger partial charge >= 0.3 is 0 Å². The second-order valence-electron chi connectivity index (χ2n) is 5.91. The van der Waals surface area contributed by atoms with E-state index in [9.17, 15) is 4.79 Å². The molecule has 1 fully saturated rings. The Balaban J connectivity index is 1.50. The highest BCUT2D eigenvalue weighted by Crippen LogP contribution is 2.31. The average molecular weight is 338 g/mol. The zero-order valence-corrected chi connectivity index (χ0v) is 14.1. The maximum Gasteiger partial charge on any atom is 0.286 e. The van der Waals surface area contributed by atoms with Gasteiger partial charge in [-0.25, -0.2) is 4.68 Å². The number of hydrogen-bond acceptors (Lipinski definition) is 4. The number of carbonyl (C=O) groups is 1. The van der Waals surface area contributed by atoms with Crippen LogP contribution in [0.15, 0.2) is 52.6 Å². The smallest absolute Gasteiger partial charge is 0.286 e.